The lowest BCUT2D eigenvalue weighted by molar-refractivity contribution is -0.137. The fourth-order valence-corrected chi connectivity index (χ4v) is 1.84. The Kier molecular flexibility index (Phi) is 3.20. The molecule has 0 aliphatic carbocycles. The number of benzene rings is 1. The topological polar surface area (TPSA) is 84.7 Å². The minimum Gasteiger partial charge on any atom is -0.364 e. The maximum Gasteiger partial charge on any atom is 0.417 e. The van der Waals surface area contributed by atoms with E-state index in [1.807, 2.05) is 5.21 Å². The second kappa shape index (κ2) is 4.58. The molecule has 0 bridgehead atoms. The molecule has 1 amide bonds. The van der Waals surface area contributed by atoms with Gasteiger partial charge in [0.05, 0.1) is 5.56 Å². The van der Waals surface area contributed by atoms with Crippen LogP contribution in [0.1, 0.15) is 21.6 Å². The van der Waals surface area contributed by atoms with Gasteiger partial charge in [0.15, 0.2) is 5.69 Å². The van der Waals surface area contributed by atoms with Gasteiger partial charge in [0.25, 0.3) is 5.91 Å². The average molecular weight is 288 g/mol. The number of nitrogens with zero attached hydrogens (tertiary/aromatic N) is 2. The van der Waals surface area contributed by atoms with Crippen molar-refractivity contribution in [2.75, 3.05) is 0 Å². The summed E-state index contributed by atoms with van der Waals surface area (Å²) in [6.45, 7) is 0.992. The smallest absolute Gasteiger partial charge is 0.364 e. The first-order chi connectivity index (χ1) is 9.23. The van der Waals surface area contributed by atoms with E-state index in [1.165, 1.54) is 0 Å². The summed E-state index contributed by atoms with van der Waals surface area (Å²) in [6.07, 6.45) is -4.81. The number of halogens is 4. The van der Waals surface area contributed by atoms with E-state index < -0.39 is 40.3 Å². The van der Waals surface area contributed by atoms with Gasteiger partial charge in [-0.15, -0.1) is 0 Å². The number of aromatic amines is 1. The molecule has 0 aliphatic rings. The highest BCUT2D eigenvalue weighted by Crippen LogP contribution is 2.39. The van der Waals surface area contributed by atoms with Crippen molar-refractivity contribution in [3.05, 3.63) is 34.8 Å². The quantitative estimate of drug-likeness (QED) is 0.829. The van der Waals surface area contributed by atoms with E-state index in [1.54, 1.807) is 0 Å². The minimum atomic E-state index is -4.81. The molecule has 0 saturated carbocycles. The van der Waals surface area contributed by atoms with Crippen molar-refractivity contribution in [2.24, 2.45) is 5.73 Å². The van der Waals surface area contributed by atoms with Crippen LogP contribution in [0, 0.1) is 12.7 Å². The van der Waals surface area contributed by atoms with Gasteiger partial charge < -0.3 is 5.73 Å². The van der Waals surface area contributed by atoms with E-state index in [4.69, 9.17) is 5.73 Å². The zero-order valence-electron chi connectivity index (χ0n) is 10.0. The molecule has 3 N–H and O–H groups in total. The van der Waals surface area contributed by atoms with Crippen molar-refractivity contribution in [3.63, 3.8) is 0 Å². The fraction of sp³-hybridized carbons (Fsp3) is 0.182. The molecule has 0 unspecified atom stereocenters. The normalized spacial score (nSPS) is 11.7. The first-order valence-corrected chi connectivity index (χ1v) is 5.30. The van der Waals surface area contributed by atoms with Crippen LogP contribution in [-0.4, -0.2) is 21.3 Å². The predicted octanol–water partition coefficient (Wildman–Crippen LogP) is 2.04. The molecule has 0 spiro atoms. The van der Waals surface area contributed by atoms with Gasteiger partial charge >= 0.3 is 6.18 Å². The number of primary amides is 1. The Morgan fingerprint density at radius 3 is 2.50 bits per heavy atom. The van der Waals surface area contributed by atoms with Gasteiger partial charge in [-0.3, -0.25) is 4.79 Å². The number of amides is 1. The Balaban J connectivity index is 2.78. The predicted molar refractivity (Wildman–Crippen MR) is 60.0 cm³/mol. The minimum absolute atomic E-state index is 0.368. The van der Waals surface area contributed by atoms with Crippen LogP contribution in [0.4, 0.5) is 17.6 Å². The maximum absolute atomic E-state index is 13.4. The van der Waals surface area contributed by atoms with E-state index in [9.17, 15) is 22.4 Å². The largest absolute Gasteiger partial charge is 0.417 e. The van der Waals surface area contributed by atoms with E-state index in [2.05, 4.69) is 10.2 Å². The van der Waals surface area contributed by atoms with E-state index in [-0.39, 0.29) is 5.69 Å². The summed E-state index contributed by atoms with van der Waals surface area (Å²) in [5.41, 5.74) is 1.93. The van der Waals surface area contributed by atoms with Crippen LogP contribution in [0.5, 0.6) is 0 Å². The molecule has 0 aliphatic heterocycles. The molecule has 9 heteroatoms. The molecular weight excluding hydrogens is 280 g/mol. The number of carbonyl (C=O) groups is 1. The third kappa shape index (κ3) is 2.22. The maximum atomic E-state index is 13.4. The molecule has 5 nitrogen and oxygen atoms in total. The van der Waals surface area contributed by atoms with Crippen LogP contribution in [-0.2, 0) is 6.18 Å². The highest BCUT2D eigenvalue weighted by atomic mass is 19.4. The lowest BCUT2D eigenvalue weighted by Crippen LogP contribution is -2.15. The Morgan fingerprint density at radius 1 is 1.30 bits per heavy atom. The molecule has 1 heterocycles. The monoisotopic (exact) mass is 288 g/mol. The van der Waals surface area contributed by atoms with Crippen molar-refractivity contribution in [1.82, 2.24) is 15.4 Å². The van der Waals surface area contributed by atoms with Crippen molar-refractivity contribution < 1.29 is 22.4 Å². The molecule has 1 aromatic carbocycles. The standard InChI is InChI=1S/C11H8F4N4O/c1-4-6(12)3-2-5(7(4)11(13,14)15)8-9(10(16)20)18-19-17-8/h2-3H,1H3,(H2,16,20)(H,17,18,19). The van der Waals surface area contributed by atoms with Gasteiger partial charge in [0, 0.05) is 5.56 Å². The summed E-state index contributed by atoms with van der Waals surface area (Å²) in [5.74, 6) is -2.05. The van der Waals surface area contributed by atoms with Crippen LogP contribution in [0.3, 0.4) is 0 Å². The second-order valence-electron chi connectivity index (χ2n) is 3.98. The Bertz CT molecular complexity index is 678. The van der Waals surface area contributed by atoms with Crippen LogP contribution in [0.25, 0.3) is 11.3 Å². The lowest BCUT2D eigenvalue weighted by Gasteiger charge is -2.15. The van der Waals surface area contributed by atoms with Gasteiger partial charge in [-0.05, 0) is 24.6 Å². The Morgan fingerprint density at radius 2 is 1.95 bits per heavy atom. The fourth-order valence-electron chi connectivity index (χ4n) is 1.84. The molecule has 106 valence electrons. The molecule has 2 rings (SSSR count). The van der Waals surface area contributed by atoms with Gasteiger partial charge in [-0.2, -0.15) is 28.6 Å². The number of hydrogen-bond donors (Lipinski definition) is 2. The summed E-state index contributed by atoms with van der Waals surface area (Å²) in [7, 11) is 0. The number of alkyl halides is 3. The molecule has 0 saturated heterocycles. The number of nitrogens with two attached hydrogens (primary N) is 1. The molecule has 0 fully saturated rings. The molecular formula is C11H8F4N4O. The van der Waals surface area contributed by atoms with Gasteiger partial charge in [0.1, 0.15) is 11.5 Å². The highest BCUT2D eigenvalue weighted by molar-refractivity contribution is 5.97. The zero-order valence-corrected chi connectivity index (χ0v) is 10.0. The first-order valence-electron chi connectivity index (χ1n) is 5.30. The van der Waals surface area contributed by atoms with Crippen LogP contribution < -0.4 is 5.73 Å². The molecule has 2 aromatic rings. The Labute approximate surface area is 109 Å². The van der Waals surface area contributed by atoms with Crippen LogP contribution in [0.15, 0.2) is 12.1 Å². The Hall–Kier alpha value is -2.45. The molecule has 1 aromatic heterocycles. The SMILES string of the molecule is Cc1c(F)ccc(-c2n[nH]nc2C(N)=O)c1C(F)(F)F. The molecule has 0 radical (unpaired) electrons. The van der Waals surface area contributed by atoms with E-state index in [0.29, 0.717) is 0 Å². The number of aromatic nitrogens is 3. The summed E-state index contributed by atoms with van der Waals surface area (Å²) in [4.78, 5) is 11.1. The zero-order chi connectivity index (χ0) is 15.1. The van der Waals surface area contributed by atoms with Crippen molar-refractivity contribution in [3.8, 4) is 11.3 Å². The molecule has 20 heavy (non-hydrogen) atoms. The number of rotatable bonds is 2. The average Bonchev–Trinajstić information content (AvgIpc) is 2.79. The van der Waals surface area contributed by atoms with Crippen LogP contribution in [0.2, 0.25) is 0 Å². The number of nitrogens with one attached hydrogen (secondary N) is 1. The van der Waals surface area contributed by atoms with E-state index in [0.717, 1.165) is 19.1 Å². The summed E-state index contributed by atoms with van der Waals surface area (Å²) < 4.78 is 52.6. The van der Waals surface area contributed by atoms with Gasteiger partial charge in [-0.25, -0.2) is 4.39 Å². The number of hydrogen-bond acceptors (Lipinski definition) is 3. The van der Waals surface area contributed by atoms with Crippen molar-refractivity contribution >= 4 is 5.91 Å². The lowest BCUT2D eigenvalue weighted by atomic mass is 9.97. The van der Waals surface area contributed by atoms with Gasteiger partial charge in [0.2, 0.25) is 0 Å². The number of H-pyrrole nitrogens is 1. The van der Waals surface area contributed by atoms with Crippen molar-refractivity contribution in [2.45, 2.75) is 13.1 Å². The first kappa shape index (κ1) is 14.0. The van der Waals surface area contributed by atoms with Crippen LogP contribution >= 0.6 is 0 Å². The summed E-state index contributed by atoms with van der Waals surface area (Å²) >= 11 is 0. The van der Waals surface area contributed by atoms with E-state index >= 15 is 0 Å². The third-order valence-electron chi connectivity index (χ3n) is 2.72. The summed E-state index contributed by atoms with van der Waals surface area (Å²) in [5, 5.41) is 8.92. The van der Waals surface area contributed by atoms with Gasteiger partial charge in [-0.1, -0.05) is 0 Å². The second-order valence-corrected chi connectivity index (χ2v) is 3.98. The van der Waals surface area contributed by atoms with Crippen molar-refractivity contribution in [1.29, 1.82) is 0 Å². The summed E-state index contributed by atoms with van der Waals surface area (Å²) in [6, 6.07) is 1.74. The third-order valence-corrected chi connectivity index (χ3v) is 2.72. The number of carbonyl (C=O) groups excluding carboxylic acids is 1. The molecule has 0 atom stereocenters. The highest BCUT2D eigenvalue weighted by Gasteiger charge is 2.38.